The molecule has 0 N–H and O–H groups in total. The number of hydrogen-bond acceptors (Lipinski definition) is 1. The first-order valence-corrected chi connectivity index (χ1v) is 7.52. The van der Waals surface area contributed by atoms with Gasteiger partial charge < -0.3 is 4.74 Å². The fourth-order valence-corrected chi connectivity index (χ4v) is 2.63. The molecule has 1 aliphatic heterocycles. The van der Waals surface area contributed by atoms with Gasteiger partial charge in [-0.3, -0.25) is 0 Å². The van der Waals surface area contributed by atoms with E-state index in [1.54, 1.807) is 0 Å². The summed E-state index contributed by atoms with van der Waals surface area (Å²) in [5.74, 6) is 0. The van der Waals surface area contributed by atoms with Crippen molar-refractivity contribution in [1.82, 2.24) is 0 Å². The van der Waals surface area contributed by atoms with Gasteiger partial charge in [0.15, 0.2) is 0 Å². The zero-order valence-corrected chi connectivity index (χ0v) is 12.1. The van der Waals surface area contributed by atoms with E-state index in [9.17, 15) is 0 Å². The zero-order chi connectivity index (χ0) is 14.3. The van der Waals surface area contributed by atoms with Crippen LogP contribution in [0, 0.1) is 0 Å². The average Bonchev–Trinajstić information content (AvgIpc) is 2.80. The van der Waals surface area contributed by atoms with Crippen molar-refractivity contribution in [1.29, 1.82) is 0 Å². The minimum absolute atomic E-state index is 0.152. The Hall–Kier alpha value is -2.28. The molecule has 0 bridgehead atoms. The van der Waals surface area contributed by atoms with Crippen LogP contribution in [-0.4, -0.2) is 6.10 Å². The fourth-order valence-electron chi connectivity index (χ4n) is 2.63. The number of benzene rings is 2. The molecule has 0 amide bonds. The van der Waals surface area contributed by atoms with Gasteiger partial charge in [-0.05, 0) is 48.1 Å². The molecule has 0 radical (unpaired) electrons. The third-order valence-corrected chi connectivity index (χ3v) is 3.78. The second kappa shape index (κ2) is 6.94. The Bertz CT molecular complexity index is 611. The molecule has 1 nitrogen and oxygen atoms in total. The van der Waals surface area contributed by atoms with Crippen LogP contribution in [0.3, 0.4) is 0 Å². The maximum Gasteiger partial charge on any atom is 0.117 e. The highest BCUT2D eigenvalue weighted by Gasteiger charge is 2.11. The van der Waals surface area contributed by atoms with Gasteiger partial charge in [-0.15, -0.1) is 0 Å². The number of aryl methyl sites for hydroxylation is 1. The molecule has 0 spiro atoms. The molecule has 1 atom stereocenters. The van der Waals surface area contributed by atoms with E-state index < -0.39 is 0 Å². The fraction of sp³-hybridized carbons (Fsp3) is 0.200. The number of ether oxygens (including phenoxy) is 1. The Morgan fingerprint density at radius 3 is 2.38 bits per heavy atom. The van der Waals surface area contributed by atoms with Gasteiger partial charge in [0.1, 0.15) is 6.10 Å². The van der Waals surface area contributed by atoms with Gasteiger partial charge in [-0.1, -0.05) is 60.7 Å². The molecule has 21 heavy (non-hydrogen) atoms. The molecule has 1 heterocycles. The van der Waals surface area contributed by atoms with Gasteiger partial charge in [0.25, 0.3) is 0 Å². The van der Waals surface area contributed by atoms with E-state index in [0.29, 0.717) is 0 Å². The molecule has 0 aliphatic carbocycles. The van der Waals surface area contributed by atoms with Gasteiger partial charge >= 0.3 is 0 Å². The summed E-state index contributed by atoms with van der Waals surface area (Å²) < 4.78 is 5.82. The third-order valence-electron chi connectivity index (χ3n) is 3.78. The number of hydrogen-bond donors (Lipinski definition) is 0. The van der Waals surface area contributed by atoms with Crippen LogP contribution in [0.25, 0.3) is 5.57 Å². The smallest absolute Gasteiger partial charge is 0.117 e. The molecule has 106 valence electrons. The van der Waals surface area contributed by atoms with E-state index in [-0.39, 0.29) is 6.10 Å². The van der Waals surface area contributed by atoms with E-state index in [1.807, 2.05) is 6.26 Å². The first-order chi connectivity index (χ1) is 10.4. The Balaban J connectivity index is 1.71. The normalized spacial score (nSPS) is 17.7. The lowest BCUT2D eigenvalue weighted by atomic mass is 9.99. The van der Waals surface area contributed by atoms with Crippen molar-refractivity contribution >= 4 is 5.57 Å². The van der Waals surface area contributed by atoms with Crippen LogP contribution in [0.4, 0.5) is 0 Å². The molecule has 0 saturated heterocycles. The predicted octanol–water partition coefficient (Wildman–Crippen LogP) is 5.01. The van der Waals surface area contributed by atoms with Crippen LogP contribution in [0.1, 0.15) is 24.0 Å². The molecule has 2 aromatic carbocycles. The Morgan fingerprint density at radius 2 is 1.62 bits per heavy atom. The van der Waals surface area contributed by atoms with Crippen LogP contribution in [0.15, 0.2) is 79.1 Å². The highest BCUT2D eigenvalue weighted by Crippen LogP contribution is 2.24. The summed E-state index contributed by atoms with van der Waals surface area (Å²) in [5.41, 5.74) is 4.00. The summed E-state index contributed by atoms with van der Waals surface area (Å²) in [6.07, 6.45) is 9.36. The zero-order valence-electron chi connectivity index (χ0n) is 12.1. The SMILES string of the molecule is C1=COC(CCc2ccccc2)C=C(c2ccccc2)C1. The Morgan fingerprint density at radius 1 is 0.905 bits per heavy atom. The van der Waals surface area contributed by atoms with E-state index in [2.05, 4.69) is 72.8 Å². The maximum atomic E-state index is 5.82. The highest BCUT2D eigenvalue weighted by molar-refractivity contribution is 5.67. The lowest BCUT2D eigenvalue weighted by Gasteiger charge is -2.13. The summed E-state index contributed by atoms with van der Waals surface area (Å²) in [5, 5.41) is 0. The van der Waals surface area contributed by atoms with Gasteiger partial charge in [0.2, 0.25) is 0 Å². The number of allylic oxidation sites excluding steroid dienone is 2. The number of rotatable bonds is 4. The van der Waals surface area contributed by atoms with E-state index in [1.165, 1.54) is 16.7 Å². The van der Waals surface area contributed by atoms with E-state index in [4.69, 9.17) is 4.74 Å². The lowest BCUT2D eigenvalue weighted by molar-refractivity contribution is 0.179. The van der Waals surface area contributed by atoms with Crippen molar-refractivity contribution in [3.05, 3.63) is 90.2 Å². The summed E-state index contributed by atoms with van der Waals surface area (Å²) >= 11 is 0. The topological polar surface area (TPSA) is 9.23 Å². The molecule has 0 aromatic heterocycles. The van der Waals surface area contributed by atoms with Crippen LogP contribution in [0.2, 0.25) is 0 Å². The van der Waals surface area contributed by atoms with E-state index >= 15 is 0 Å². The minimum Gasteiger partial charge on any atom is -0.494 e. The van der Waals surface area contributed by atoms with Crippen molar-refractivity contribution < 1.29 is 4.74 Å². The van der Waals surface area contributed by atoms with Crippen LogP contribution in [-0.2, 0) is 11.2 Å². The van der Waals surface area contributed by atoms with Crippen molar-refractivity contribution in [2.75, 3.05) is 0 Å². The van der Waals surface area contributed by atoms with Gasteiger partial charge in [-0.2, -0.15) is 0 Å². The molecular weight excluding hydrogens is 256 g/mol. The monoisotopic (exact) mass is 276 g/mol. The highest BCUT2D eigenvalue weighted by atomic mass is 16.5. The van der Waals surface area contributed by atoms with Crippen LogP contribution < -0.4 is 0 Å². The van der Waals surface area contributed by atoms with Gasteiger partial charge in [-0.25, -0.2) is 0 Å². The van der Waals surface area contributed by atoms with Crippen LogP contribution >= 0.6 is 0 Å². The lowest BCUT2D eigenvalue weighted by Crippen LogP contribution is -2.07. The standard InChI is InChI=1S/C20H20O/c1-3-8-17(9-4-1)13-14-20-16-19(12-7-15-21-20)18-10-5-2-6-11-18/h1-11,15-16,20H,12-14H2. The maximum absolute atomic E-state index is 5.82. The molecule has 1 heteroatoms. The molecule has 2 aromatic rings. The largest absolute Gasteiger partial charge is 0.494 e. The summed E-state index contributed by atoms with van der Waals surface area (Å²) in [6.45, 7) is 0. The average molecular weight is 276 g/mol. The van der Waals surface area contributed by atoms with E-state index in [0.717, 1.165) is 19.3 Å². The van der Waals surface area contributed by atoms with Gasteiger partial charge in [0.05, 0.1) is 6.26 Å². The van der Waals surface area contributed by atoms with Crippen molar-refractivity contribution in [3.8, 4) is 0 Å². The Labute approximate surface area is 126 Å². The molecule has 0 saturated carbocycles. The molecule has 1 unspecified atom stereocenters. The summed E-state index contributed by atoms with van der Waals surface area (Å²) in [6, 6.07) is 21.2. The summed E-state index contributed by atoms with van der Waals surface area (Å²) in [4.78, 5) is 0. The van der Waals surface area contributed by atoms with Crippen molar-refractivity contribution in [3.63, 3.8) is 0 Å². The minimum atomic E-state index is 0.152. The molecular formula is C20H20O. The predicted molar refractivity (Wildman–Crippen MR) is 87.8 cm³/mol. The second-order valence-corrected chi connectivity index (χ2v) is 5.33. The first-order valence-electron chi connectivity index (χ1n) is 7.52. The molecule has 3 rings (SSSR count). The Kier molecular flexibility index (Phi) is 4.52. The molecule has 0 fully saturated rings. The van der Waals surface area contributed by atoms with Gasteiger partial charge in [0, 0.05) is 0 Å². The quantitative estimate of drug-likeness (QED) is 0.763. The van der Waals surface area contributed by atoms with Crippen LogP contribution in [0.5, 0.6) is 0 Å². The second-order valence-electron chi connectivity index (χ2n) is 5.33. The molecule has 1 aliphatic rings. The third kappa shape index (κ3) is 3.85. The van der Waals surface area contributed by atoms with Crippen molar-refractivity contribution in [2.45, 2.75) is 25.4 Å². The first kappa shape index (κ1) is 13.7. The summed E-state index contributed by atoms with van der Waals surface area (Å²) in [7, 11) is 0. The van der Waals surface area contributed by atoms with Crippen molar-refractivity contribution in [2.24, 2.45) is 0 Å².